The third-order valence-electron chi connectivity index (χ3n) is 3.55. The number of nitrogen functional groups attached to an aromatic ring is 1. The zero-order chi connectivity index (χ0) is 12.7. The molecular weight excluding hydrogens is 222 g/mol. The van der Waals surface area contributed by atoms with Gasteiger partial charge in [0.05, 0.1) is 0 Å². The SMILES string of the molecule is Cc1ccc2c(c1)C(=O)c1cc(N)ccc1CC2. The van der Waals surface area contributed by atoms with Gasteiger partial charge in [0.15, 0.2) is 5.78 Å². The Labute approximate surface area is 106 Å². The molecule has 2 aromatic carbocycles. The lowest BCUT2D eigenvalue weighted by molar-refractivity contribution is 0.103. The Hall–Kier alpha value is -2.09. The molecule has 0 unspecified atom stereocenters. The largest absolute Gasteiger partial charge is 0.399 e. The Morgan fingerprint density at radius 3 is 2.28 bits per heavy atom. The number of carbonyl (C=O) groups is 1. The van der Waals surface area contributed by atoms with Gasteiger partial charge in [-0.25, -0.2) is 0 Å². The molecule has 2 aromatic rings. The number of rotatable bonds is 0. The van der Waals surface area contributed by atoms with Gasteiger partial charge in [0.25, 0.3) is 0 Å². The lowest BCUT2D eigenvalue weighted by atomic mass is 9.97. The summed E-state index contributed by atoms with van der Waals surface area (Å²) in [5.74, 6) is 0.105. The van der Waals surface area contributed by atoms with Crippen LogP contribution in [0.2, 0.25) is 0 Å². The summed E-state index contributed by atoms with van der Waals surface area (Å²) in [6, 6.07) is 11.8. The first-order valence-corrected chi connectivity index (χ1v) is 6.18. The molecule has 0 fully saturated rings. The van der Waals surface area contributed by atoms with Crippen molar-refractivity contribution in [1.82, 2.24) is 0 Å². The molecule has 3 rings (SSSR count). The lowest BCUT2D eigenvalue weighted by Gasteiger charge is -2.06. The van der Waals surface area contributed by atoms with E-state index in [1.165, 1.54) is 0 Å². The Morgan fingerprint density at radius 2 is 1.56 bits per heavy atom. The highest BCUT2D eigenvalue weighted by molar-refractivity contribution is 6.11. The van der Waals surface area contributed by atoms with Crippen LogP contribution < -0.4 is 5.73 Å². The molecular formula is C16H15NO. The fourth-order valence-electron chi connectivity index (χ4n) is 2.56. The van der Waals surface area contributed by atoms with Crippen molar-refractivity contribution in [2.45, 2.75) is 19.8 Å². The van der Waals surface area contributed by atoms with Crippen molar-refractivity contribution in [3.63, 3.8) is 0 Å². The van der Waals surface area contributed by atoms with Gasteiger partial charge in [0.2, 0.25) is 0 Å². The molecule has 90 valence electrons. The van der Waals surface area contributed by atoms with E-state index in [1.807, 2.05) is 25.1 Å². The lowest BCUT2D eigenvalue weighted by Crippen LogP contribution is -2.05. The van der Waals surface area contributed by atoms with Crippen LogP contribution in [0, 0.1) is 6.92 Å². The van der Waals surface area contributed by atoms with Crippen molar-refractivity contribution in [2.24, 2.45) is 0 Å². The Morgan fingerprint density at radius 1 is 0.944 bits per heavy atom. The van der Waals surface area contributed by atoms with Crippen molar-refractivity contribution in [1.29, 1.82) is 0 Å². The summed E-state index contributed by atoms with van der Waals surface area (Å²) in [5.41, 5.74) is 11.4. The number of anilines is 1. The summed E-state index contributed by atoms with van der Waals surface area (Å²) in [6.45, 7) is 2.01. The summed E-state index contributed by atoms with van der Waals surface area (Å²) in [6.07, 6.45) is 1.82. The van der Waals surface area contributed by atoms with E-state index < -0.39 is 0 Å². The highest BCUT2D eigenvalue weighted by atomic mass is 16.1. The normalized spacial score (nSPS) is 13.7. The van der Waals surface area contributed by atoms with Crippen molar-refractivity contribution >= 4 is 11.5 Å². The number of fused-ring (bicyclic) bond motifs is 2. The number of nitrogens with two attached hydrogens (primary N) is 1. The Kier molecular flexibility index (Phi) is 2.44. The highest BCUT2D eigenvalue weighted by Gasteiger charge is 2.21. The molecule has 0 aliphatic heterocycles. The second-order valence-corrected chi connectivity index (χ2v) is 4.91. The van der Waals surface area contributed by atoms with Crippen molar-refractivity contribution in [2.75, 3.05) is 5.73 Å². The maximum absolute atomic E-state index is 12.6. The van der Waals surface area contributed by atoms with Crippen LogP contribution in [0.5, 0.6) is 0 Å². The first-order valence-electron chi connectivity index (χ1n) is 6.18. The van der Waals surface area contributed by atoms with Gasteiger partial charge in [0.1, 0.15) is 0 Å². The molecule has 2 nitrogen and oxygen atoms in total. The first kappa shape index (κ1) is 11.0. The quantitative estimate of drug-likeness (QED) is 0.716. The molecule has 2 heteroatoms. The molecule has 0 atom stereocenters. The van der Waals surface area contributed by atoms with Crippen LogP contribution in [0.25, 0.3) is 0 Å². The van der Waals surface area contributed by atoms with Gasteiger partial charge >= 0.3 is 0 Å². The van der Waals surface area contributed by atoms with Crippen LogP contribution in [-0.4, -0.2) is 5.78 Å². The summed E-state index contributed by atoms with van der Waals surface area (Å²) >= 11 is 0. The molecule has 0 saturated carbocycles. The second kappa shape index (κ2) is 3.98. The van der Waals surface area contributed by atoms with E-state index in [0.29, 0.717) is 5.69 Å². The third-order valence-corrected chi connectivity index (χ3v) is 3.55. The fourth-order valence-corrected chi connectivity index (χ4v) is 2.56. The summed E-state index contributed by atoms with van der Waals surface area (Å²) in [5, 5.41) is 0. The van der Waals surface area contributed by atoms with E-state index in [0.717, 1.165) is 40.7 Å². The molecule has 2 N–H and O–H groups in total. The summed E-state index contributed by atoms with van der Waals surface area (Å²) in [7, 11) is 0. The maximum Gasteiger partial charge on any atom is 0.193 e. The van der Waals surface area contributed by atoms with E-state index in [1.54, 1.807) is 6.07 Å². The smallest absolute Gasteiger partial charge is 0.193 e. The van der Waals surface area contributed by atoms with E-state index >= 15 is 0 Å². The summed E-state index contributed by atoms with van der Waals surface area (Å²) in [4.78, 5) is 12.6. The summed E-state index contributed by atoms with van der Waals surface area (Å²) < 4.78 is 0. The second-order valence-electron chi connectivity index (χ2n) is 4.91. The van der Waals surface area contributed by atoms with Gasteiger partial charge in [-0.1, -0.05) is 23.8 Å². The van der Waals surface area contributed by atoms with E-state index in [-0.39, 0.29) is 5.78 Å². The monoisotopic (exact) mass is 237 g/mol. The van der Waals surface area contributed by atoms with Crippen LogP contribution in [-0.2, 0) is 12.8 Å². The van der Waals surface area contributed by atoms with Crippen molar-refractivity contribution in [3.8, 4) is 0 Å². The molecule has 1 aliphatic rings. The number of benzene rings is 2. The van der Waals surface area contributed by atoms with Crippen molar-refractivity contribution < 1.29 is 4.79 Å². The zero-order valence-corrected chi connectivity index (χ0v) is 10.4. The van der Waals surface area contributed by atoms with Crippen LogP contribution in [0.1, 0.15) is 32.6 Å². The van der Waals surface area contributed by atoms with Crippen LogP contribution in [0.3, 0.4) is 0 Å². The molecule has 1 aliphatic carbocycles. The number of aryl methyl sites for hydroxylation is 3. The topological polar surface area (TPSA) is 43.1 Å². The van der Waals surface area contributed by atoms with Gasteiger partial charge in [-0.05, 0) is 49.1 Å². The standard InChI is InChI=1S/C16H15NO/c1-10-2-3-11-4-5-12-6-7-13(17)9-15(12)16(18)14(11)8-10/h2-3,6-9H,4-5,17H2,1H3. The van der Waals surface area contributed by atoms with E-state index in [9.17, 15) is 4.79 Å². The Balaban J connectivity index is 2.22. The minimum atomic E-state index is 0.105. The predicted molar refractivity (Wildman–Crippen MR) is 72.9 cm³/mol. The molecule has 0 amide bonds. The first-order chi connectivity index (χ1) is 8.65. The molecule has 0 radical (unpaired) electrons. The molecule has 0 bridgehead atoms. The number of carbonyl (C=O) groups excluding carboxylic acids is 1. The van der Waals surface area contributed by atoms with E-state index in [4.69, 9.17) is 5.73 Å². The van der Waals surface area contributed by atoms with Crippen LogP contribution in [0.4, 0.5) is 5.69 Å². The van der Waals surface area contributed by atoms with Gasteiger partial charge in [0, 0.05) is 16.8 Å². The molecule has 0 saturated heterocycles. The predicted octanol–water partition coefficient (Wildman–Crippen LogP) is 2.91. The molecule has 0 heterocycles. The van der Waals surface area contributed by atoms with Gasteiger partial charge < -0.3 is 5.73 Å². The Bertz CT molecular complexity index is 588. The van der Waals surface area contributed by atoms with Gasteiger partial charge in [-0.2, -0.15) is 0 Å². The maximum atomic E-state index is 12.6. The molecule has 0 spiro atoms. The van der Waals surface area contributed by atoms with Crippen LogP contribution >= 0.6 is 0 Å². The average molecular weight is 237 g/mol. The highest BCUT2D eigenvalue weighted by Crippen LogP contribution is 2.26. The zero-order valence-electron chi connectivity index (χ0n) is 10.4. The third kappa shape index (κ3) is 1.70. The van der Waals surface area contributed by atoms with Gasteiger partial charge in [-0.3, -0.25) is 4.79 Å². The van der Waals surface area contributed by atoms with Crippen molar-refractivity contribution in [3.05, 3.63) is 64.2 Å². The molecule has 18 heavy (non-hydrogen) atoms. The number of hydrogen-bond acceptors (Lipinski definition) is 2. The minimum absolute atomic E-state index is 0.105. The number of ketones is 1. The average Bonchev–Trinajstić information content (AvgIpc) is 2.49. The minimum Gasteiger partial charge on any atom is -0.399 e. The molecule has 0 aromatic heterocycles. The van der Waals surface area contributed by atoms with E-state index in [2.05, 4.69) is 12.1 Å². The van der Waals surface area contributed by atoms with Crippen LogP contribution in [0.15, 0.2) is 36.4 Å². The van der Waals surface area contributed by atoms with Gasteiger partial charge in [-0.15, -0.1) is 0 Å². The fraction of sp³-hybridized carbons (Fsp3) is 0.188. The number of hydrogen-bond donors (Lipinski definition) is 1.